The van der Waals surface area contributed by atoms with Crippen molar-refractivity contribution in [1.29, 1.82) is 0 Å². The molecule has 3 N–H and O–H groups in total. The lowest BCUT2D eigenvalue weighted by Gasteiger charge is -2.25. The lowest BCUT2D eigenvalue weighted by atomic mass is 10.0. The molecule has 1 aromatic heterocycles. The molecule has 1 atom stereocenters. The molecule has 2 heterocycles. The van der Waals surface area contributed by atoms with Crippen molar-refractivity contribution in [3.63, 3.8) is 0 Å². The number of benzene rings is 2. The molecule has 1 saturated heterocycles. The van der Waals surface area contributed by atoms with Gasteiger partial charge in [0.2, 0.25) is 0 Å². The fourth-order valence-corrected chi connectivity index (χ4v) is 3.96. The molecule has 162 valence electrons. The van der Waals surface area contributed by atoms with Crippen LogP contribution in [0.15, 0.2) is 60.8 Å². The largest absolute Gasteiger partial charge is 0.505 e. The van der Waals surface area contributed by atoms with Crippen molar-refractivity contribution in [1.82, 2.24) is 15.2 Å². The van der Waals surface area contributed by atoms with E-state index in [0.717, 1.165) is 26.1 Å². The molecule has 7 heteroatoms. The third kappa shape index (κ3) is 6.02. The highest BCUT2D eigenvalue weighted by Gasteiger charge is 2.23. The molecule has 1 amide bonds. The van der Waals surface area contributed by atoms with Crippen LogP contribution in [0.2, 0.25) is 0 Å². The van der Waals surface area contributed by atoms with Crippen LogP contribution in [-0.4, -0.2) is 58.2 Å². The summed E-state index contributed by atoms with van der Waals surface area (Å²) in [6.07, 6.45) is 4.53. The second kappa shape index (κ2) is 11.1. The van der Waals surface area contributed by atoms with Crippen LogP contribution in [0.5, 0.6) is 5.75 Å². The van der Waals surface area contributed by atoms with Crippen LogP contribution in [0.3, 0.4) is 0 Å². The predicted molar refractivity (Wildman–Crippen MR) is 119 cm³/mol. The molecule has 0 saturated carbocycles. The Morgan fingerprint density at radius 3 is 2.45 bits per heavy atom. The summed E-state index contributed by atoms with van der Waals surface area (Å²) in [7, 11) is 0. The number of rotatable bonds is 6. The average molecular weight is 421 g/mol. The topological polar surface area (TPSA) is 103 Å². The Labute approximate surface area is 181 Å². The van der Waals surface area contributed by atoms with Crippen molar-refractivity contribution < 1.29 is 19.8 Å². The summed E-state index contributed by atoms with van der Waals surface area (Å²) in [5.41, 5.74) is 2.19. The second-order valence-corrected chi connectivity index (χ2v) is 7.51. The fourth-order valence-electron chi connectivity index (χ4n) is 3.96. The van der Waals surface area contributed by atoms with E-state index in [0.29, 0.717) is 16.5 Å². The van der Waals surface area contributed by atoms with Gasteiger partial charge in [0.15, 0.2) is 0 Å². The van der Waals surface area contributed by atoms with Gasteiger partial charge < -0.3 is 20.4 Å². The summed E-state index contributed by atoms with van der Waals surface area (Å²) in [5.74, 6) is -0.341. The molecule has 1 unspecified atom stereocenters. The Kier molecular flexibility index (Phi) is 7.95. The van der Waals surface area contributed by atoms with Gasteiger partial charge in [0.05, 0.1) is 17.3 Å². The Hall–Kier alpha value is -3.45. The van der Waals surface area contributed by atoms with Gasteiger partial charge in [-0.2, -0.15) is 0 Å². The number of aromatic hydroxyl groups is 1. The van der Waals surface area contributed by atoms with Gasteiger partial charge in [0.25, 0.3) is 12.4 Å². The van der Waals surface area contributed by atoms with Gasteiger partial charge in [-0.1, -0.05) is 48.5 Å². The number of nitrogens with one attached hydrogen (secondary N) is 1. The quantitative estimate of drug-likeness (QED) is 0.529. The summed E-state index contributed by atoms with van der Waals surface area (Å²) in [5, 5.41) is 21.1. The number of aromatic nitrogens is 1. The maximum absolute atomic E-state index is 13.1. The van der Waals surface area contributed by atoms with E-state index < -0.39 is 0 Å². The zero-order chi connectivity index (χ0) is 22.1. The minimum Gasteiger partial charge on any atom is -0.505 e. The smallest absolute Gasteiger partial charge is 0.290 e. The highest BCUT2D eigenvalue weighted by molar-refractivity contribution is 6.08. The van der Waals surface area contributed by atoms with Crippen molar-refractivity contribution >= 4 is 23.3 Å². The molecule has 1 aliphatic rings. The standard InChI is InChI=1S/C23H25N3O2.CH2O2/c27-21-15-24-20-11-5-4-10-19(20)22(21)23(28)25-18(16-26-12-6-7-13-26)14-17-8-2-1-3-9-17;2-1-3/h1-5,8-11,15,18,27H,6-7,12-14,16H2,(H,25,28);1H,(H,2,3). The first-order chi connectivity index (χ1) is 15.1. The van der Waals surface area contributed by atoms with E-state index in [-0.39, 0.29) is 24.2 Å². The van der Waals surface area contributed by atoms with Crippen LogP contribution in [0.4, 0.5) is 0 Å². The molecule has 1 fully saturated rings. The molecule has 2 aromatic carbocycles. The number of amides is 1. The van der Waals surface area contributed by atoms with Crippen molar-refractivity contribution in [2.45, 2.75) is 25.3 Å². The third-order valence-corrected chi connectivity index (χ3v) is 5.32. The number of pyridine rings is 1. The number of likely N-dealkylation sites (tertiary alicyclic amines) is 1. The van der Waals surface area contributed by atoms with Crippen molar-refractivity contribution in [2.24, 2.45) is 0 Å². The van der Waals surface area contributed by atoms with Gasteiger partial charge in [-0.25, -0.2) is 0 Å². The average Bonchev–Trinajstić information content (AvgIpc) is 3.28. The molecule has 1 aliphatic heterocycles. The van der Waals surface area contributed by atoms with Crippen molar-refractivity contribution in [3.8, 4) is 5.75 Å². The van der Waals surface area contributed by atoms with Crippen LogP contribution in [-0.2, 0) is 11.2 Å². The highest BCUT2D eigenvalue weighted by atomic mass is 16.3. The zero-order valence-corrected chi connectivity index (χ0v) is 17.3. The molecule has 3 aromatic rings. The summed E-state index contributed by atoms with van der Waals surface area (Å²) in [4.78, 5) is 28.1. The molecular formula is C24H27N3O4. The van der Waals surface area contributed by atoms with E-state index in [2.05, 4.69) is 27.3 Å². The zero-order valence-electron chi connectivity index (χ0n) is 17.3. The molecule has 31 heavy (non-hydrogen) atoms. The van der Waals surface area contributed by atoms with Gasteiger partial charge in [0.1, 0.15) is 5.75 Å². The monoisotopic (exact) mass is 421 g/mol. The van der Waals surface area contributed by atoms with Gasteiger partial charge in [-0.05, 0) is 44.0 Å². The van der Waals surface area contributed by atoms with Crippen molar-refractivity contribution in [3.05, 3.63) is 71.9 Å². The van der Waals surface area contributed by atoms with Gasteiger partial charge in [-0.3, -0.25) is 14.6 Å². The van der Waals surface area contributed by atoms with E-state index in [1.807, 2.05) is 42.5 Å². The lowest BCUT2D eigenvalue weighted by molar-refractivity contribution is -0.122. The van der Waals surface area contributed by atoms with Crippen LogP contribution in [0.1, 0.15) is 28.8 Å². The predicted octanol–water partition coefficient (Wildman–Crippen LogP) is 3.08. The normalized spacial score (nSPS) is 14.5. The summed E-state index contributed by atoms with van der Waals surface area (Å²) >= 11 is 0. The summed E-state index contributed by atoms with van der Waals surface area (Å²) in [6.45, 7) is 2.71. The second-order valence-electron chi connectivity index (χ2n) is 7.51. The van der Waals surface area contributed by atoms with E-state index in [4.69, 9.17) is 9.90 Å². The van der Waals surface area contributed by atoms with E-state index in [1.165, 1.54) is 24.6 Å². The Morgan fingerprint density at radius 1 is 1.10 bits per heavy atom. The van der Waals surface area contributed by atoms with Crippen LogP contribution in [0, 0.1) is 0 Å². The lowest BCUT2D eigenvalue weighted by Crippen LogP contribution is -2.44. The number of nitrogens with zero attached hydrogens (tertiary/aromatic N) is 2. The molecule has 0 spiro atoms. The minimum absolute atomic E-state index is 0.0284. The van der Waals surface area contributed by atoms with Crippen molar-refractivity contribution in [2.75, 3.05) is 19.6 Å². The molecule has 7 nitrogen and oxygen atoms in total. The fraction of sp³-hybridized carbons (Fsp3) is 0.292. The van der Waals surface area contributed by atoms with Gasteiger partial charge in [0, 0.05) is 18.0 Å². The molecular weight excluding hydrogens is 394 g/mol. The van der Waals surface area contributed by atoms with Crippen LogP contribution >= 0.6 is 0 Å². The number of carbonyl (C=O) groups is 2. The molecule has 4 rings (SSSR count). The number of hydrogen-bond acceptors (Lipinski definition) is 5. The number of carboxylic acid groups (broad SMARTS) is 1. The van der Waals surface area contributed by atoms with E-state index in [1.54, 1.807) is 0 Å². The number of carbonyl (C=O) groups excluding carboxylic acids is 1. The molecule has 0 radical (unpaired) electrons. The van der Waals surface area contributed by atoms with Crippen LogP contribution in [0.25, 0.3) is 10.9 Å². The van der Waals surface area contributed by atoms with E-state index in [9.17, 15) is 9.90 Å². The Bertz CT molecular complexity index is 1000. The number of hydrogen-bond donors (Lipinski definition) is 3. The minimum atomic E-state index is -0.253. The number of para-hydroxylation sites is 1. The summed E-state index contributed by atoms with van der Waals surface area (Å²) < 4.78 is 0. The third-order valence-electron chi connectivity index (χ3n) is 5.32. The van der Waals surface area contributed by atoms with Gasteiger partial charge in [-0.15, -0.1) is 0 Å². The van der Waals surface area contributed by atoms with E-state index >= 15 is 0 Å². The maximum Gasteiger partial charge on any atom is 0.290 e. The molecule has 0 bridgehead atoms. The first-order valence-corrected chi connectivity index (χ1v) is 10.3. The Morgan fingerprint density at radius 2 is 1.74 bits per heavy atom. The highest BCUT2D eigenvalue weighted by Crippen LogP contribution is 2.25. The molecule has 0 aliphatic carbocycles. The first kappa shape index (κ1) is 22.2. The SMILES string of the molecule is O=C(NC(Cc1ccccc1)CN1CCCC1)c1c(O)cnc2ccccc12.O=CO. The summed E-state index contributed by atoms with van der Waals surface area (Å²) in [6, 6.07) is 17.6. The Balaban J connectivity index is 0.000000858. The maximum atomic E-state index is 13.1. The van der Waals surface area contributed by atoms with Gasteiger partial charge >= 0.3 is 0 Å². The number of fused-ring (bicyclic) bond motifs is 1. The first-order valence-electron chi connectivity index (χ1n) is 10.3. The van der Waals surface area contributed by atoms with Crippen LogP contribution < -0.4 is 5.32 Å².